The van der Waals surface area contributed by atoms with E-state index in [9.17, 15) is 4.79 Å². The zero-order valence-corrected chi connectivity index (χ0v) is 16.9. The average molecular weight is 401 g/mol. The van der Waals surface area contributed by atoms with Crippen molar-refractivity contribution in [2.45, 2.75) is 27.4 Å². The first kappa shape index (κ1) is 19.8. The van der Waals surface area contributed by atoms with Gasteiger partial charge in [0.1, 0.15) is 23.9 Å². The van der Waals surface area contributed by atoms with Crippen LogP contribution in [0, 0.1) is 20.8 Å². The van der Waals surface area contributed by atoms with Gasteiger partial charge in [-0.15, -0.1) is 0 Å². The normalized spacial score (nSPS) is 10.6. The quantitative estimate of drug-likeness (QED) is 0.623. The number of nitrogens with one attached hydrogen (secondary N) is 1. The van der Waals surface area contributed by atoms with Gasteiger partial charge in [0.2, 0.25) is 0 Å². The molecule has 0 aliphatic heterocycles. The van der Waals surface area contributed by atoms with E-state index < -0.39 is 5.91 Å². The number of benzene rings is 2. The van der Waals surface area contributed by atoms with E-state index >= 15 is 0 Å². The number of nitrogens with zero attached hydrogens (tertiary/aromatic N) is 1. The smallest absolute Gasteiger partial charge is 0.278 e. The predicted molar refractivity (Wildman–Crippen MR) is 107 cm³/mol. The van der Waals surface area contributed by atoms with Crippen LogP contribution in [0.1, 0.15) is 32.9 Å². The van der Waals surface area contributed by atoms with E-state index in [1.54, 1.807) is 25.1 Å². The number of aryl methyl sites for hydroxylation is 3. The zero-order chi connectivity index (χ0) is 20.3. The third-order valence-corrected chi connectivity index (χ3v) is 4.48. The molecule has 146 valence electrons. The first-order valence-corrected chi connectivity index (χ1v) is 9.06. The third-order valence-electron chi connectivity index (χ3n) is 4.19. The molecule has 7 heteroatoms. The first-order chi connectivity index (χ1) is 13.4. The number of carbonyl (C=O) groups is 1. The molecule has 0 unspecified atom stereocenters. The number of hydrogen-bond donors (Lipinski definition) is 1. The minimum Gasteiger partial charge on any atom is -0.495 e. The van der Waals surface area contributed by atoms with E-state index in [1.165, 1.54) is 7.11 Å². The number of rotatable bonds is 6. The van der Waals surface area contributed by atoms with Crippen LogP contribution >= 0.6 is 11.6 Å². The van der Waals surface area contributed by atoms with Crippen molar-refractivity contribution >= 4 is 23.2 Å². The fourth-order valence-corrected chi connectivity index (χ4v) is 3.10. The van der Waals surface area contributed by atoms with Crippen molar-refractivity contribution in [1.82, 2.24) is 5.16 Å². The summed E-state index contributed by atoms with van der Waals surface area (Å²) in [6.45, 7) is 5.92. The molecule has 0 saturated heterocycles. The minimum atomic E-state index is -0.405. The summed E-state index contributed by atoms with van der Waals surface area (Å²) < 4.78 is 16.2. The highest BCUT2D eigenvalue weighted by Gasteiger charge is 2.21. The lowest BCUT2D eigenvalue weighted by atomic mass is 10.1. The van der Waals surface area contributed by atoms with Crippen LogP contribution in [0.5, 0.6) is 11.5 Å². The van der Waals surface area contributed by atoms with Crippen molar-refractivity contribution in [2.75, 3.05) is 12.4 Å². The van der Waals surface area contributed by atoms with Gasteiger partial charge in [0, 0.05) is 5.69 Å². The predicted octanol–water partition coefficient (Wildman–Crippen LogP) is 5.09. The number of halogens is 1. The number of hydrogen-bond acceptors (Lipinski definition) is 5. The Morgan fingerprint density at radius 2 is 1.86 bits per heavy atom. The van der Waals surface area contributed by atoms with Gasteiger partial charge in [-0.3, -0.25) is 4.79 Å². The molecular weight excluding hydrogens is 380 g/mol. The molecule has 3 rings (SSSR count). The van der Waals surface area contributed by atoms with Gasteiger partial charge in [-0.25, -0.2) is 0 Å². The maximum atomic E-state index is 12.7. The summed E-state index contributed by atoms with van der Waals surface area (Å²) in [5, 5.41) is 7.05. The first-order valence-electron chi connectivity index (χ1n) is 8.68. The van der Waals surface area contributed by atoms with Crippen molar-refractivity contribution in [3.05, 3.63) is 69.6 Å². The molecule has 1 aromatic heterocycles. The Bertz CT molecular complexity index is 993. The largest absolute Gasteiger partial charge is 0.495 e. The van der Waals surface area contributed by atoms with Crippen molar-refractivity contribution in [3.63, 3.8) is 0 Å². The number of carbonyl (C=O) groups excluding carboxylic acids is 1. The molecule has 6 nitrogen and oxygen atoms in total. The number of anilines is 1. The molecule has 0 saturated carbocycles. The van der Waals surface area contributed by atoms with Gasteiger partial charge >= 0.3 is 0 Å². The molecule has 1 amide bonds. The second-order valence-electron chi connectivity index (χ2n) is 6.48. The Kier molecular flexibility index (Phi) is 5.90. The standard InChI is InChI=1S/C21H21ClN2O4/c1-12-7-13(2)9-16(8-12)27-11-17-14(3)28-24-20(17)21(25)23-15-5-6-19(26-4)18(22)10-15/h5-10H,11H2,1-4H3,(H,23,25). The average Bonchev–Trinajstić information content (AvgIpc) is 3.00. The van der Waals surface area contributed by atoms with Crippen LogP contribution in [0.2, 0.25) is 5.02 Å². The van der Waals surface area contributed by atoms with Crippen molar-refractivity contribution in [1.29, 1.82) is 0 Å². The monoisotopic (exact) mass is 400 g/mol. The van der Waals surface area contributed by atoms with Crippen LogP contribution < -0.4 is 14.8 Å². The van der Waals surface area contributed by atoms with E-state index in [4.69, 9.17) is 25.6 Å². The molecular formula is C21H21ClN2O4. The van der Waals surface area contributed by atoms with Crippen LogP contribution in [0.4, 0.5) is 5.69 Å². The Hall–Kier alpha value is -2.99. The Morgan fingerprint density at radius 3 is 2.50 bits per heavy atom. The van der Waals surface area contributed by atoms with E-state index in [0.717, 1.165) is 16.9 Å². The molecule has 0 radical (unpaired) electrons. The molecule has 0 atom stereocenters. The zero-order valence-electron chi connectivity index (χ0n) is 16.1. The Morgan fingerprint density at radius 1 is 1.14 bits per heavy atom. The van der Waals surface area contributed by atoms with Gasteiger partial charge in [0.25, 0.3) is 5.91 Å². The number of amides is 1. The number of aromatic nitrogens is 1. The highest BCUT2D eigenvalue weighted by atomic mass is 35.5. The SMILES string of the molecule is COc1ccc(NC(=O)c2noc(C)c2COc2cc(C)cc(C)c2)cc1Cl. The van der Waals surface area contributed by atoms with Gasteiger partial charge in [-0.1, -0.05) is 22.8 Å². The third kappa shape index (κ3) is 4.46. The molecule has 0 fully saturated rings. The maximum absolute atomic E-state index is 12.7. The van der Waals surface area contributed by atoms with Crippen molar-refractivity contribution < 1.29 is 18.8 Å². The molecule has 0 aliphatic rings. The maximum Gasteiger partial charge on any atom is 0.278 e. The van der Waals surface area contributed by atoms with E-state index in [1.807, 2.05) is 26.0 Å². The molecule has 0 spiro atoms. The molecule has 0 bridgehead atoms. The van der Waals surface area contributed by atoms with Crippen molar-refractivity contribution in [2.24, 2.45) is 0 Å². The molecule has 3 aromatic rings. The van der Waals surface area contributed by atoms with Crippen LogP contribution in [0.25, 0.3) is 0 Å². The summed E-state index contributed by atoms with van der Waals surface area (Å²) in [4.78, 5) is 12.7. The Balaban J connectivity index is 1.76. The Labute approximate surface area is 168 Å². The summed E-state index contributed by atoms with van der Waals surface area (Å²) in [6.07, 6.45) is 0. The van der Waals surface area contributed by atoms with E-state index in [0.29, 0.717) is 27.8 Å². The lowest BCUT2D eigenvalue weighted by Gasteiger charge is -2.10. The molecule has 1 heterocycles. The van der Waals surface area contributed by atoms with Crippen LogP contribution in [0.3, 0.4) is 0 Å². The molecule has 28 heavy (non-hydrogen) atoms. The van der Waals surface area contributed by atoms with Crippen LogP contribution in [-0.2, 0) is 6.61 Å². The topological polar surface area (TPSA) is 73.6 Å². The highest BCUT2D eigenvalue weighted by molar-refractivity contribution is 6.32. The van der Waals surface area contributed by atoms with E-state index in [-0.39, 0.29) is 12.3 Å². The summed E-state index contributed by atoms with van der Waals surface area (Å²) in [5.74, 6) is 1.38. The van der Waals surface area contributed by atoms with Crippen LogP contribution in [-0.4, -0.2) is 18.2 Å². The lowest BCUT2D eigenvalue weighted by molar-refractivity contribution is 0.101. The molecule has 1 N–H and O–H groups in total. The fourth-order valence-electron chi connectivity index (χ4n) is 2.85. The van der Waals surface area contributed by atoms with Gasteiger partial charge in [-0.2, -0.15) is 0 Å². The highest BCUT2D eigenvalue weighted by Crippen LogP contribution is 2.28. The summed E-state index contributed by atoms with van der Waals surface area (Å²) in [6, 6.07) is 10.9. The number of ether oxygens (including phenoxy) is 2. The number of methoxy groups -OCH3 is 1. The van der Waals surface area contributed by atoms with Gasteiger partial charge < -0.3 is 19.3 Å². The lowest BCUT2D eigenvalue weighted by Crippen LogP contribution is -2.15. The summed E-state index contributed by atoms with van der Waals surface area (Å²) in [7, 11) is 1.53. The van der Waals surface area contributed by atoms with Gasteiger partial charge in [0.15, 0.2) is 5.69 Å². The molecule has 0 aliphatic carbocycles. The fraction of sp³-hybridized carbons (Fsp3) is 0.238. The molecule has 2 aromatic carbocycles. The second kappa shape index (κ2) is 8.35. The summed E-state index contributed by atoms with van der Waals surface area (Å²) >= 11 is 6.11. The minimum absolute atomic E-state index is 0.171. The van der Waals surface area contributed by atoms with Gasteiger partial charge in [0.05, 0.1) is 17.7 Å². The second-order valence-corrected chi connectivity index (χ2v) is 6.89. The van der Waals surface area contributed by atoms with E-state index in [2.05, 4.69) is 16.5 Å². The summed E-state index contributed by atoms with van der Waals surface area (Å²) in [5.41, 5.74) is 3.50. The van der Waals surface area contributed by atoms with Gasteiger partial charge in [-0.05, 0) is 62.2 Å². The van der Waals surface area contributed by atoms with Crippen molar-refractivity contribution in [3.8, 4) is 11.5 Å². The van der Waals surface area contributed by atoms with Crippen LogP contribution in [0.15, 0.2) is 40.9 Å².